The quantitative estimate of drug-likeness (QED) is 0.829. The SMILES string of the molecule is Cc1ccc(CN2CC(C(=O)NCC(O)C3CCCC3)CC2=O)cc1. The minimum Gasteiger partial charge on any atom is -0.391 e. The zero-order valence-electron chi connectivity index (χ0n) is 14.9. The van der Waals surface area contributed by atoms with E-state index in [4.69, 9.17) is 0 Å². The van der Waals surface area contributed by atoms with Crippen LogP contribution < -0.4 is 5.32 Å². The van der Waals surface area contributed by atoms with Crippen molar-refractivity contribution in [2.24, 2.45) is 11.8 Å². The molecule has 0 spiro atoms. The Morgan fingerprint density at radius 1 is 1.28 bits per heavy atom. The number of aryl methyl sites for hydroxylation is 1. The Morgan fingerprint density at radius 3 is 2.64 bits per heavy atom. The fourth-order valence-electron chi connectivity index (χ4n) is 3.87. The van der Waals surface area contributed by atoms with E-state index in [9.17, 15) is 14.7 Å². The van der Waals surface area contributed by atoms with Gasteiger partial charge in [-0.2, -0.15) is 0 Å². The number of hydrogen-bond donors (Lipinski definition) is 2. The van der Waals surface area contributed by atoms with E-state index in [0.29, 0.717) is 25.6 Å². The van der Waals surface area contributed by atoms with E-state index in [1.54, 1.807) is 4.90 Å². The van der Waals surface area contributed by atoms with Crippen molar-refractivity contribution in [1.29, 1.82) is 0 Å². The summed E-state index contributed by atoms with van der Waals surface area (Å²) in [6, 6.07) is 8.11. The first-order valence-corrected chi connectivity index (χ1v) is 9.32. The van der Waals surface area contributed by atoms with Crippen molar-refractivity contribution in [1.82, 2.24) is 10.2 Å². The molecule has 0 bridgehead atoms. The summed E-state index contributed by atoms with van der Waals surface area (Å²) < 4.78 is 0. The maximum Gasteiger partial charge on any atom is 0.225 e. The van der Waals surface area contributed by atoms with Crippen LogP contribution in [0.5, 0.6) is 0 Å². The monoisotopic (exact) mass is 344 g/mol. The van der Waals surface area contributed by atoms with Gasteiger partial charge in [0.25, 0.3) is 0 Å². The minimum atomic E-state index is -0.466. The smallest absolute Gasteiger partial charge is 0.225 e. The minimum absolute atomic E-state index is 0.0251. The molecule has 1 aliphatic heterocycles. The normalized spacial score (nSPS) is 22.4. The zero-order valence-corrected chi connectivity index (χ0v) is 14.9. The van der Waals surface area contributed by atoms with Crippen LogP contribution in [0, 0.1) is 18.8 Å². The Balaban J connectivity index is 1.47. The molecule has 5 heteroatoms. The Morgan fingerprint density at radius 2 is 1.96 bits per heavy atom. The Labute approximate surface area is 149 Å². The van der Waals surface area contributed by atoms with Crippen molar-refractivity contribution in [3.05, 3.63) is 35.4 Å². The van der Waals surface area contributed by atoms with Gasteiger partial charge in [-0.05, 0) is 31.2 Å². The maximum atomic E-state index is 12.4. The molecule has 1 aromatic rings. The van der Waals surface area contributed by atoms with E-state index in [-0.39, 0.29) is 24.2 Å². The van der Waals surface area contributed by atoms with Gasteiger partial charge < -0.3 is 15.3 Å². The number of nitrogens with zero attached hydrogens (tertiary/aromatic N) is 1. The molecule has 1 saturated carbocycles. The van der Waals surface area contributed by atoms with Crippen LogP contribution >= 0.6 is 0 Å². The largest absolute Gasteiger partial charge is 0.391 e. The van der Waals surface area contributed by atoms with Crippen molar-refractivity contribution in [2.45, 2.75) is 51.7 Å². The molecular weight excluding hydrogens is 316 g/mol. The van der Waals surface area contributed by atoms with Gasteiger partial charge in [-0.15, -0.1) is 0 Å². The van der Waals surface area contributed by atoms with E-state index in [1.807, 2.05) is 31.2 Å². The molecule has 25 heavy (non-hydrogen) atoms. The Hall–Kier alpha value is -1.88. The highest BCUT2D eigenvalue weighted by Crippen LogP contribution is 2.27. The number of likely N-dealkylation sites (tertiary alicyclic amines) is 1. The van der Waals surface area contributed by atoms with Crippen molar-refractivity contribution in [3.63, 3.8) is 0 Å². The Kier molecular flexibility index (Phi) is 5.74. The summed E-state index contributed by atoms with van der Waals surface area (Å²) >= 11 is 0. The predicted molar refractivity (Wildman–Crippen MR) is 95.7 cm³/mol. The first-order valence-electron chi connectivity index (χ1n) is 9.32. The fourth-order valence-corrected chi connectivity index (χ4v) is 3.87. The van der Waals surface area contributed by atoms with Gasteiger partial charge in [-0.25, -0.2) is 0 Å². The van der Waals surface area contributed by atoms with Crippen LogP contribution in [0.1, 0.15) is 43.2 Å². The third-order valence-corrected chi connectivity index (χ3v) is 5.51. The van der Waals surface area contributed by atoms with Gasteiger partial charge in [0.05, 0.1) is 12.0 Å². The third-order valence-electron chi connectivity index (χ3n) is 5.51. The number of nitrogens with one attached hydrogen (secondary N) is 1. The number of aliphatic hydroxyl groups excluding tert-OH is 1. The maximum absolute atomic E-state index is 12.4. The lowest BCUT2D eigenvalue weighted by Crippen LogP contribution is -2.39. The molecule has 2 amide bonds. The fraction of sp³-hybridized carbons (Fsp3) is 0.600. The first-order chi connectivity index (χ1) is 12.0. The summed E-state index contributed by atoms with van der Waals surface area (Å²) in [6.07, 6.45) is 4.22. The van der Waals surface area contributed by atoms with E-state index in [2.05, 4.69) is 5.32 Å². The molecule has 2 unspecified atom stereocenters. The molecule has 1 heterocycles. The Bertz CT molecular complexity index is 608. The molecule has 2 N–H and O–H groups in total. The van der Waals surface area contributed by atoms with E-state index >= 15 is 0 Å². The van der Waals surface area contributed by atoms with Gasteiger partial charge in [0.15, 0.2) is 0 Å². The first kappa shape index (κ1) is 17.9. The lowest BCUT2D eigenvalue weighted by atomic mass is 10.0. The highest BCUT2D eigenvalue weighted by atomic mass is 16.3. The van der Waals surface area contributed by atoms with Gasteiger partial charge in [0, 0.05) is 26.1 Å². The van der Waals surface area contributed by atoms with Gasteiger partial charge in [-0.1, -0.05) is 42.7 Å². The van der Waals surface area contributed by atoms with Crippen LogP contribution in [-0.2, 0) is 16.1 Å². The lowest BCUT2D eigenvalue weighted by Gasteiger charge is -2.20. The number of carbonyl (C=O) groups excluding carboxylic acids is 2. The second kappa shape index (κ2) is 8.00. The molecular formula is C20H28N2O3. The summed E-state index contributed by atoms with van der Waals surface area (Å²) in [4.78, 5) is 26.3. The standard InChI is InChI=1S/C20H28N2O3/c1-14-6-8-15(9-7-14)12-22-13-17(10-19(22)24)20(25)21-11-18(23)16-4-2-3-5-16/h6-9,16-18,23H,2-5,10-13H2,1H3,(H,21,25). The van der Waals surface area contributed by atoms with Crippen molar-refractivity contribution < 1.29 is 14.7 Å². The number of aliphatic hydroxyl groups is 1. The average molecular weight is 344 g/mol. The second-order valence-electron chi connectivity index (χ2n) is 7.52. The van der Waals surface area contributed by atoms with Crippen LogP contribution in [0.15, 0.2) is 24.3 Å². The van der Waals surface area contributed by atoms with Crippen LogP contribution in [0.4, 0.5) is 0 Å². The molecule has 0 aromatic heterocycles. The highest BCUT2D eigenvalue weighted by molar-refractivity contribution is 5.89. The van der Waals surface area contributed by atoms with Gasteiger partial charge in [0.2, 0.25) is 11.8 Å². The molecule has 1 aliphatic carbocycles. The van der Waals surface area contributed by atoms with Crippen LogP contribution in [0.3, 0.4) is 0 Å². The van der Waals surface area contributed by atoms with Crippen LogP contribution in [0.25, 0.3) is 0 Å². The van der Waals surface area contributed by atoms with Gasteiger partial charge >= 0.3 is 0 Å². The molecule has 1 saturated heterocycles. The second-order valence-corrected chi connectivity index (χ2v) is 7.52. The summed E-state index contributed by atoms with van der Waals surface area (Å²) in [7, 11) is 0. The molecule has 2 atom stereocenters. The van der Waals surface area contributed by atoms with Crippen molar-refractivity contribution >= 4 is 11.8 Å². The molecule has 2 fully saturated rings. The molecule has 5 nitrogen and oxygen atoms in total. The number of benzene rings is 1. The van der Waals surface area contributed by atoms with Crippen molar-refractivity contribution in [2.75, 3.05) is 13.1 Å². The van der Waals surface area contributed by atoms with Crippen LogP contribution in [0.2, 0.25) is 0 Å². The topological polar surface area (TPSA) is 69.6 Å². The summed E-state index contributed by atoms with van der Waals surface area (Å²) in [5.41, 5.74) is 2.27. The third kappa shape index (κ3) is 4.60. The van der Waals surface area contributed by atoms with E-state index in [0.717, 1.165) is 18.4 Å². The molecule has 0 radical (unpaired) electrons. The van der Waals surface area contributed by atoms with E-state index in [1.165, 1.54) is 18.4 Å². The highest BCUT2D eigenvalue weighted by Gasteiger charge is 2.34. The average Bonchev–Trinajstić information content (AvgIpc) is 3.25. The molecule has 1 aromatic carbocycles. The summed E-state index contributed by atoms with van der Waals surface area (Å²) in [5, 5.41) is 13.0. The van der Waals surface area contributed by atoms with Gasteiger partial charge in [0.1, 0.15) is 0 Å². The molecule has 136 valence electrons. The van der Waals surface area contributed by atoms with Crippen LogP contribution in [-0.4, -0.2) is 41.0 Å². The predicted octanol–water partition coefficient (Wildman–Crippen LogP) is 2.01. The number of carbonyl (C=O) groups is 2. The molecule has 2 aliphatic rings. The number of amides is 2. The lowest BCUT2D eigenvalue weighted by molar-refractivity contribution is -0.129. The number of rotatable bonds is 6. The zero-order chi connectivity index (χ0) is 17.8. The summed E-state index contributed by atoms with van der Waals surface area (Å²) in [5.74, 6) is -0.0915. The number of hydrogen-bond acceptors (Lipinski definition) is 3. The van der Waals surface area contributed by atoms with E-state index < -0.39 is 6.10 Å². The van der Waals surface area contributed by atoms with Gasteiger partial charge in [-0.3, -0.25) is 9.59 Å². The van der Waals surface area contributed by atoms with Crippen molar-refractivity contribution in [3.8, 4) is 0 Å². The molecule has 3 rings (SSSR count). The summed E-state index contributed by atoms with van der Waals surface area (Å²) in [6.45, 7) is 3.34.